The second-order valence-corrected chi connectivity index (χ2v) is 17.6. The molecule has 1 unspecified atom stereocenters. The fraction of sp³-hybridized carbons (Fsp3) is 0.568. The molecule has 52 heavy (non-hydrogen) atoms. The average Bonchev–Trinajstić information content (AvgIpc) is 3.39. The molecule has 0 radical (unpaired) electrons. The molecule has 3 aliphatic rings. The number of sulfonamides is 1. The number of rotatable bonds is 9. The van der Waals surface area contributed by atoms with E-state index in [1.807, 2.05) is 19.2 Å². The molecule has 1 atom stereocenters. The number of aryl methyl sites for hydroxylation is 1. The van der Waals surface area contributed by atoms with Crippen LogP contribution in [0.2, 0.25) is 0 Å². The lowest BCUT2D eigenvalue weighted by molar-refractivity contribution is -0.120. The zero-order chi connectivity index (χ0) is 37.4. The van der Waals surface area contributed by atoms with Crippen molar-refractivity contribution >= 4 is 44.8 Å². The summed E-state index contributed by atoms with van der Waals surface area (Å²) in [6.07, 6.45) is 2.86. The molecule has 1 aromatic heterocycles. The van der Waals surface area contributed by atoms with Crippen LogP contribution in [0, 0.1) is 0 Å². The van der Waals surface area contributed by atoms with Crippen molar-refractivity contribution < 1.29 is 32.6 Å². The van der Waals surface area contributed by atoms with Gasteiger partial charge in [0.25, 0.3) is 0 Å². The highest BCUT2D eigenvalue weighted by Gasteiger charge is 2.33. The Morgan fingerprint density at radius 1 is 1.00 bits per heavy atom. The zero-order valence-corrected chi connectivity index (χ0v) is 31.5. The first-order valence-electron chi connectivity index (χ1n) is 18.1. The summed E-state index contributed by atoms with van der Waals surface area (Å²) in [5.41, 5.74) is 1.20. The molecule has 0 aliphatic carbocycles. The summed E-state index contributed by atoms with van der Waals surface area (Å²) in [7, 11) is -1.89. The van der Waals surface area contributed by atoms with Crippen molar-refractivity contribution in [3.8, 4) is 0 Å². The summed E-state index contributed by atoms with van der Waals surface area (Å²) in [6, 6.07) is 12.5. The van der Waals surface area contributed by atoms with Crippen molar-refractivity contribution in [1.82, 2.24) is 29.6 Å². The zero-order valence-electron chi connectivity index (χ0n) is 30.7. The number of ether oxygens (including phenoxy) is 1. The summed E-state index contributed by atoms with van der Waals surface area (Å²) >= 11 is 0. The first kappa shape index (κ1) is 37.7. The van der Waals surface area contributed by atoms with Crippen LogP contribution >= 0.6 is 0 Å². The van der Waals surface area contributed by atoms with Gasteiger partial charge in [0, 0.05) is 57.5 Å². The van der Waals surface area contributed by atoms with Crippen LogP contribution in [0.25, 0.3) is 10.9 Å². The minimum atomic E-state index is -3.75. The summed E-state index contributed by atoms with van der Waals surface area (Å²) in [5, 5.41) is 22.2. The van der Waals surface area contributed by atoms with Gasteiger partial charge in [-0.15, -0.1) is 0 Å². The van der Waals surface area contributed by atoms with Gasteiger partial charge in [-0.25, -0.2) is 18.0 Å². The van der Waals surface area contributed by atoms with Crippen molar-refractivity contribution in [3.63, 3.8) is 0 Å². The highest BCUT2D eigenvalue weighted by Crippen LogP contribution is 2.34. The maximum Gasteiger partial charge on any atom is 0.407 e. The number of nitrogens with zero attached hydrogens (tertiary/aromatic N) is 5. The number of amides is 4. The third-order valence-corrected chi connectivity index (χ3v) is 12.0. The number of alkyl carbamates (subject to hydrolysis) is 1. The molecule has 3 aromatic rings. The van der Waals surface area contributed by atoms with Crippen molar-refractivity contribution in [2.75, 3.05) is 44.2 Å². The smallest absolute Gasteiger partial charge is 0.407 e. The van der Waals surface area contributed by atoms with E-state index in [4.69, 9.17) is 4.74 Å². The van der Waals surface area contributed by atoms with Crippen LogP contribution in [0.1, 0.15) is 76.8 Å². The molecule has 0 bridgehead atoms. The number of fused-ring (bicyclic) bond motifs is 1. The predicted molar refractivity (Wildman–Crippen MR) is 197 cm³/mol. The van der Waals surface area contributed by atoms with Gasteiger partial charge in [-0.05, 0) is 108 Å². The maximum atomic E-state index is 13.6. The number of nitrogens with one attached hydrogen (secondary N) is 2. The van der Waals surface area contributed by atoms with E-state index in [2.05, 4.69) is 32.8 Å². The number of aromatic nitrogens is 2. The number of β-amino-alcohol motifs (C(OH)–C–C–N with tert-alkyl or cyclic N) is 1. The Morgan fingerprint density at radius 2 is 1.71 bits per heavy atom. The van der Waals surface area contributed by atoms with E-state index in [1.54, 1.807) is 50.6 Å². The summed E-state index contributed by atoms with van der Waals surface area (Å²) in [6.45, 7) is 10.2. The van der Waals surface area contributed by atoms with Gasteiger partial charge >= 0.3 is 12.1 Å². The number of aliphatic hydroxyl groups is 1. The molecule has 3 N–H and O–H groups in total. The SMILES string of the molecule is Cn1nc(N2CCC(=O)NC2=O)c2ccc(C3CCN(CC(C)(O)Cc4cccc(S(=O)(=O)N5CCC(NC(=O)OC(C)(C)C)CC5)c4)CC3)cc21. The summed E-state index contributed by atoms with van der Waals surface area (Å²) in [5.74, 6) is 0.598. The van der Waals surface area contributed by atoms with Gasteiger partial charge in [0.05, 0.1) is 16.0 Å². The molecule has 4 amide bonds. The van der Waals surface area contributed by atoms with Gasteiger partial charge in [0.15, 0.2) is 5.82 Å². The molecular weight excluding hydrogens is 687 g/mol. The van der Waals surface area contributed by atoms with Crippen molar-refractivity contribution in [1.29, 1.82) is 0 Å². The van der Waals surface area contributed by atoms with Crippen LogP contribution in [0.4, 0.5) is 15.4 Å². The van der Waals surface area contributed by atoms with Crippen molar-refractivity contribution in [3.05, 3.63) is 53.6 Å². The fourth-order valence-electron chi connectivity index (χ4n) is 7.56. The minimum Gasteiger partial charge on any atom is -0.444 e. The number of likely N-dealkylation sites (tertiary alicyclic amines) is 1. The Hall–Kier alpha value is -4.05. The second kappa shape index (κ2) is 14.8. The van der Waals surface area contributed by atoms with Crippen LogP contribution in [0.3, 0.4) is 0 Å². The highest BCUT2D eigenvalue weighted by molar-refractivity contribution is 7.89. The van der Waals surface area contributed by atoms with E-state index >= 15 is 0 Å². The van der Waals surface area contributed by atoms with E-state index in [0.29, 0.717) is 44.1 Å². The molecule has 3 saturated heterocycles. The lowest BCUT2D eigenvalue weighted by Gasteiger charge is -2.37. The molecule has 282 valence electrons. The number of carbonyl (C=O) groups excluding carboxylic acids is 3. The third-order valence-electron chi connectivity index (χ3n) is 10.1. The normalized spacial score (nSPS) is 20.2. The van der Waals surface area contributed by atoms with Gasteiger partial charge in [-0.1, -0.05) is 18.2 Å². The Bertz CT molecular complexity index is 1920. The minimum absolute atomic E-state index is 0.157. The Balaban J connectivity index is 1.02. The van der Waals surface area contributed by atoms with Gasteiger partial charge in [0.1, 0.15) is 5.60 Å². The lowest BCUT2D eigenvalue weighted by Crippen LogP contribution is -2.49. The number of benzene rings is 2. The van der Waals surface area contributed by atoms with Gasteiger partial charge in [-0.3, -0.25) is 19.7 Å². The summed E-state index contributed by atoms with van der Waals surface area (Å²) in [4.78, 5) is 40.3. The molecule has 3 aliphatic heterocycles. The predicted octanol–water partition coefficient (Wildman–Crippen LogP) is 3.87. The molecule has 14 nitrogen and oxygen atoms in total. The van der Waals surface area contributed by atoms with Gasteiger partial charge < -0.3 is 20.1 Å². The molecule has 6 rings (SSSR count). The molecule has 4 heterocycles. The largest absolute Gasteiger partial charge is 0.444 e. The van der Waals surface area contributed by atoms with Crippen LogP contribution < -0.4 is 15.5 Å². The van der Waals surface area contributed by atoms with Crippen LogP contribution in [-0.2, 0) is 33.0 Å². The molecule has 2 aromatic carbocycles. The second-order valence-electron chi connectivity index (χ2n) is 15.7. The number of hydrogen-bond acceptors (Lipinski definition) is 9. The Labute approximate surface area is 305 Å². The molecule has 15 heteroatoms. The van der Waals surface area contributed by atoms with E-state index in [0.717, 1.165) is 42.4 Å². The van der Waals surface area contributed by atoms with Crippen molar-refractivity contribution in [2.24, 2.45) is 7.05 Å². The van der Waals surface area contributed by atoms with E-state index in [1.165, 1.54) is 14.8 Å². The first-order chi connectivity index (χ1) is 24.5. The van der Waals surface area contributed by atoms with Gasteiger partial charge in [-0.2, -0.15) is 9.40 Å². The topological polar surface area (TPSA) is 166 Å². The lowest BCUT2D eigenvalue weighted by atomic mass is 9.88. The first-order valence-corrected chi connectivity index (χ1v) is 19.5. The van der Waals surface area contributed by atoms with E-state index in [-0.39, 0.29) is 36.4 Å². The Morgan fingerprint density at radius 3 is 2.38 bits per heavy atom. The average molecular weight is 738 g/mol. The molecule has 0 spiro atoms. The van der Waals surface area contributed by atoms with Crippen molar-refractivity contribution in [2.45, 2.75) is 94.3 Å². The number of piperidine rings is 2. The van der Waals surface area contributed by atoms with Gasteiger partial charge in [0.2, 0.25) is 15.9 Å². The number of carbonyl (C=O) groups is 3. The maximum absolute atomic E-state index is 13.6. The molecule has 0 saturated carbocycles. The van der Waals surface area contributed by atoms with Crippen LogP contribution in [0.5, 0.6) is 0 Å². The quantitative estimate of drug-likeness (QED) is 0.296. The number of anilines is 1. The highest BCUT2D eigenvalue weighted by atomic mass is 32.2. The van der Waals surface area contributed by atoms with Crippen LogP contribution in [-0.4, -0.2) is 107 Å². The Kier molecular flexibility index (Phi) is 10.7. The fourth-order valence-corrected chi connectivity index (χ4v) is 9.10. The van der Waals surface area contributed by atoms with Crippen LogP contribution in [0.15, 0.2) is 47.4 Å². The molecule has 3 fully saturated rings. The summed E-state index contributed by atoms with van der Waals surface area (Å²) < 4.78 is 35.7. The monoisotopic (exact) mass is 737 g/mol. The standard InChI is InChI=1S/C37H51N7O7S/c1-36(2,3)51-35(47)38-28-13-18-43(19-14-28)52(49,50)29-8-6-7-25(21-29)23-37(4,48)24-42-16-11-26(12-17-42)27-9-10-30-31(22-27)41(5)40-33(30)44-20-15-32(45)39-34(44)46/h6-10,21-22,26,28,48H,11-20,23-24H2,1-5H3,(H,38,47)(H,39,45,46). The number of urea groups is 1. The number of imide groups is 1. The van der Waals surface area contributed by atoms with E-state index < -0.39 is 33.3 Å². The van der Waals surface area contributed by atoms with E-state index in [9.17, 15) is 27.9 Å². The number of hydrogen-bond donors (Lipinski definition) is 3. The molecular formula is C37H51N7O7S. The third kappa shape index (κ3) is 8.76.